The number of ether oxygens (including phenoxy) is 1. The van der Waals surface area contributed by atoms with Crippen molar-refractivity contribution in [2.75, 3.05) is 26.4 Å². The van der Waals surface area contributed by atoms with Crippen LogP contribution in [0.1, 0.15) is 6.92 Å². The van der Waals surface area contributed by atoms with Crippen LogP contribution in [-0.2, 0) is 13.8 Å². The van der Waals surface area contributed by atoms with Crippen molar-refractivity contribution in [3.8, 4) is 0 Å². The molecule has 0 saturated carbocycles. The fourth-order valence-electron chi connectivity index (χ4n) is 0.588. The monoisotopic (exact) mass is 197 g/mol. The lowest BCUT2D eigenvalue weighted by molar-refractivity contribution is 0.0583. The molecule has 0 aromatic heterocycles. The van der Waals surface area contributed by atoms with Gasteiger partial charge in [-0.05, 0) is 0 Å². The summed E-state index contributed by atoms with van der Waals surface area (Å²) >= 11 is 0. The van der Waals surface area contributed by atoms with Crippen LogP contribution in [0.2, 0.25) is 0 Å². The minimum atomic E-state index is -2.51. The molecule has 2 N–H and O–H groups in total. The summed E-state index contributed by atoms with van der Waals surface area (Å²) < 4.78 is 19.5. The van der Waals surface area contributed by atoms with E-state index in [1.165, 1.54) is 0 Å². The first-order valence-electron chi connectivity index (χ1n) is 3.64. The van der Waals surface area contributed by atoms with Gasteiger partial charge in [-0.25, -0.2) is 0 Å². The summed E-state index contributed by atoms with van der Waals surface area (Å²) in [6.45, 7) is 2.72. The molecule has 0 spiro atoms. The van der Waals surface area contributed by atoms with E-state index >= 15 is 0 Å². The normalized spacial score (nSPS) is 14.4. The maximum Gasteiger partial charge on any atom is 0.694 e. The first-order valence-corrected chi connectivity index (χ1v) is 4.77. The zero-order valence-electron chi connectivity index (χ0n) is 6.97. The molecule has 72 valence electrons. The van der Waals surface area contributed by atoms with Gasteiger partial charge in [0, 0.05) is 10.5 Å². The molecule has 0 heterocycles. The number of hydrogen-bond acceptors (Lipinski definition) is 4. The average molecular weight is 197 g/mol. The van der Waals surface area contributed by atoms with Gasteiger partial charge in [-0.15, -0.1) is 9.42 Å². The van der Waals surface area contributed by atoms with E-state index in [0.29, 0.717) is 6.61 Å². The third-order valence-corrected chi connectivity index (χ3v) is 1.48. The predicted molar refractivity (Wildman–Crippen MR) is 42.8 cm³/mol. The zero-order valence-corrected chi connectivity index (χ0v) is 7.87. The van der Waals surface area contributed by atoms with Crippen LogP contribution in [0.25, 0.3) is 0 Å². The maximum atomic E-state index is 10.1. The van der Waals surface area contributed by atoms with Gasteiger partial charge in [0.05, 0.1) is 19.8 Å². The van der Waals surface area contributed by atoms with E-state index in [4.69, 9.17) is 14.7 Å². The summed E-state index contributed by atoms with van der Waals surface area (Å²) in [5.41, 5.74) is 0. The highest BCUT2D eigenvalue weighted by Gasteiger charge is 2.14. The Balaban J connectivity index is 3.21. The summed E-state index contributed by atoms with van der Waals surface area (Å²) in [5, 5.41) is 8.35. The molecule has 2 unspecified atom stereocenters. The Morgan fingerprint density at radius 3 is 2.67 bits per heavy atom. The first kappa shape index (κ1) is 11.9. The second-order valence-corrected chi connectivity index (χ2v) is 3.17. The lowest BCUT2D eigenvalue weighted by atomic mass is 10.2. The second-order valence-electron chi connectivity index (χ2n) is 2.44. The average Bonchev–Trinajstić information content (AvgIpc) is 2.01. The second kappa shape index (κ2) is 7.58. The van der Waals surface area contributed by atoms with Crippen molar-refractivity contribution in [3.05, 3.63) is 0 Å². The number of rotatable bonds is 7. The van der Waals surface area contributed by atoms with Crippen molar-refractivity contribution in [2.45, 2.75) is 6.92 Å². The van der Waals surface area contributed by atoms with Crippen LogP contribution >= 0.6 is 8.25 Å². The summed E-state index contributed by atoms with van der Waals surface area (Å²) in [7, 11) is -2.51. The van der Waals surface area contributed by atoms with E-state index < -0.39 is 8.25 Å². The van der Waals surface area contributed by atoms with Crippen molar-refractivity contribution in [1.82, 2.24) is 0 Å². The molecule has 0 aliphatic heterocycles. The van der Waals surface area contributed by atoms with E-state index in [1.807, 2.05) is 6.92 Å². The molecular weight excluding hydrogens is 183 g/mol. The van der Waals surface area contributed by atoms with Gasteiger partial charge in [-0.2, -0.15) is 0 Å². The van der Waals surface area contributed by atoms with Gasteiger partial charge in [0.1, 0.15) is 6.61 Å². The van der Waals surface area contributed by atoms with Crippen LogP contribution < -0.4 is 0 Å². The van der Waals surface area contributed by atoms with Gasteiger partial charge in [0.2, 0.25) is 0 Å². The zero-order chi connectivity index (χ0) is 9.40. The minimum absolute atomic E-state index is 0.0121. The Morgan fingerprint density at radius 1 is 1.50 bits per heavy atom. The first-order chi connectivity index (χ1) is 5.66. The number of aliphatic hydroxyl groups excluding tert-OH is 1. The molecule has 2 atom stereocenters. The van der Waals surface area contributed by atoms with Crippen molar-refractivity contribution >= 4 is 8.25 Å². The highest BCUT2D eigenvalue weighted by molar-refractivity contribution is 7.32. The largest absolute Gasteiger partial charge is 0.694 e. The van der Waals surface area contributed by atoms with Gasteiger partial charge in [-0.3, -0.25) is 0 Å². The Hall–Kier alpha value is -0.0600. The van der Waals surface area contributed by atoms with Gasteiger partial charge in [0.15, 0.2) is 0 Å². The molecule has 5 nitrogen and oxygen atoms in total. The molecule has 0 rings (SSSR count). The lowest BCUT2D eigenvalue weighted by Gasteiger charge is -2.06. The maximum absolute atomic E-state index is 10.1. The van der Waals surface area contributed by atoms with Crippen LogP contribution in [0.15, 0.2) is 0 Å². The smallest absolute Gasteiger partial charge is 0.394 e. The summed E-state index contributed by atoms with van der Waals surface area (Å²) in [5.74, 6) is 0.0580. The van der Waals surface area contributed by atoms with Crippen LogP contribution in [0.4, 0.5) is 0 Å². The van der Waals surface area contributed by atoms with Crippen molar-refractivity contribution in [1.29, 1.82) is 0 Å². The van der Waals surface area contributed by atoms with Crippen LogP contribution in [0.5, 0.6) is 0 Å². The van der Waals surface area contributed by atoms with Crippen molar-refractivity contribution in [2.24, 2.45) is 5.92 Å². The van der Waals surface area contributed by atoms with E-state index in [-0.39, 0.29) is 25.7 Å². The topological polar surface area (TPSA) is 76.0 Å². The minimum Gasteiger partial charge on any atom is -0.394 e. The summed E-state index contributed by atoms with van der Waals surface area (Å²) in [6.07, 6.45) is 0. The fraction of sp³-hybridized carbons (Fsp3) is 1.00. The molecule has 0 saturated heterocycles. The molecule has 6 heteroatoms. The molecule has 12 heavy (non-hydrogen) atoms. The van der Waals surface area contributed by atoms with Crippen LogP contribution in [0.3, 0.4) is 0 Å². The molecule has 0 aromatic carbocycles. The standard InChI is InChI=1S/C6H13O5P/c1-6(4-10-3-2-7)5-11-12(8)9/h6-7H,2-5H2,1H3/p+1. The highest BCUT2D eigenvalue weighted by Crippen LogP contribution is 2.15. The third kappa shape index (κ3) is 8.04. The lowest BCUT2D eigenvalue weighted by Crippen LogP contribution is -2.12. The van der Waals surface area contributed by atoms with Gasteiger partial charge in [-0.1, -0.05) is 6.92 Å². The van der Waals surface area contributed by atoms with Gasteiger partial charge in [0.25, 0.3) is 0 Å². The molecular formula is C6H14O5P+. The van der Waals surface area contributed by atoms with Gasteiger partial charge >= 0.3 is 8.25 Å². The van der Waals surface area contributed by atoms with Crippen LogP contribution in [0, 0.1) is 5.92 Å². The molecule has 0 amide bonds. The number of aliphatic hydroxyl groups is 1. The van der Waals surface area contributed by atoms with E-state index in [1.54, 1.807) is 0 Å². The van der Waals surface area contributed by atoms with E-state index in [2.05, 4.69) is 4.52 Å². The van der Waals surface area contributed by atoms with Crippen molar-refractivity contribution < 1.29 is 23.8 Å². The predicted octanol–water partition coefficient (Wildman–Crippen LogP) is 0.298. The molecule has 0 radical (unpaired) electrons. The van der Waals surface area contributed by atoms with E-state index in [0.717, 1.165) is 0 Å². The molecule has 0 aliphatic rings. The number of hydrogen-bond donors (Lipinski definition) is 2. The summed E-state index contributed by atoms with van der Waals surface area (Å²) in [4.78, 5) is 8.28. The van der Waals surface area contributed by atoms with Crippen LogP contribution in [-0.4, -0.2) is 36.4 Å². The fourth-order valence-corrected chi connectivity index (χ4v) is 0.970. The SMILES string of the molecule is CC(COCCO)CO[P+](=O)O. The Bertz CT molecular complexity index is 129. The molecule has 0 fully saturated rings. The third-order valence-electron chi connectivity index (χ3n) is 1.11. The Morgan fingerprint density at radius 2 is 2.17 bits per heavy atom. The Kier molecular flexibility index (Phi) is 7.54. The highest BCUT2D eigenvalue weighted by atomic mass is 31.1. The quantitative estimate of drug-likeness (QED) is 0.453. The summed E-state index contributed by atoms with van der Waals surface area (Å²) in [6, 6.07) is 0. The van der Waals surface area contributed by atoms with Crippen molar-refractivity contribution in [3.63, 3.8) is 0 Å². The van der Waals surface area contributed by atoms with Gasteiger partial charge < -0.3 is 9.84 Å². The Labute approximate surface area is 72.3 Å². The molecule has 0 aromatic rings. The molecule has 0 aliphatic carbocycles. The van der Waals surface area contributed by atoms with E-state index in [9.17, 15) is 4.57 Å². The molecule has 0 bridgehead atoms.